The van der Waals surface area contributed by atoms with Gasteiger partial charge in [-0.25, -0.2) is 14.4 Å². The maximum absolute atomic E-state index is 16.6. The maximum atomic E-state index is 16.6. The van der Waals surface area contributed by atoms with Gasteiger partial charge in [0, 0.05) is 161 Å². The first kappa shape index (κ1) is 80.8. The monoisotopic (exact) mass is 1860 g/mol. The Labute approximate surface area is 817 Å². The fraction of sp³-hybridized carbons (Fsp3) is 0. The van der Waals surface area contributed by atoms with Crippen LogP contribution in [-0.2, 0) is 0 Å². The second-order valence-electron chi connectivity index (χ2n) is 35.7. The lowest BCUT2D eigenvalue weighted by Crippen LogP contribution is -2.02. The fourth-order valence-electron chi connectivity index (χ4n) is 21.7. The van der Waals surface area contributed by atoms with Crippen LogP contribution in [0.1, 0.15) is 0 Å². The largest absolute Gasteiger partial charge is 0.309 e. The van der Waals surface area contributed by atoms with Crippen LogP contribution in [0.3, 0.4) is 0 Å². The van der Waals surface area contributed by atoms with E-state index in [1.54, 1.807) is 6.07 Å². The third kappa shape index (κ3) is 13.2. The van der Waals surface area contributed by atoms with E-state index in [0.29, 0.717) is 5.69 Å². The number of halogens is 1. The van der Waals surface area contributed by atoms with Gasteiger partial charge >= 0.3 is 0 Å². The van der Waals surface area contributed by atoms with E-state index >= 15 is 4.39 Å². The van der Waals surface area contributed by atoms with Crippen molar-refractivity contribution in [3.63, 3.8) is 0 Å². The van der Waals surface area contributed by atoms with E-state index in [1.165, 1.54) is 189 Å². The van der Waals surface area contributed by atoms with E-state index < -0.39 is 0 Å². The summed E-state index contributed by atoms with van der Waals surface area (Å²) < 4.78 is 36.7. The molecule has 10 heterocycles. The number of fused-ring (bicyclic) bond motifs is 28. The van der Waals surface area contributed by atoms with Crippen LogP contribution in [-0.4, -0.2) is 23.7 Å². The Kier molecular flexibility index (Phi) is 19.1. The zero-order valence-electron chi connectivity index (χ0n) is 74.5. The van der Waals surface area contributed by atoms with Gasteiger partial charge in [-0.1, -0.05) is 315 Å². The maximum Gasteiger partial charge on any atom is 0.148 e. The summed E-state index contributed by atoms with van der Waals surface area (Å²) in [6.45, 7) is 0. The Morgan fingerprint density at radius 2 is 0.540 bits per heavy atom. The van der Waals surface area contributed by atoms with E-state index in [9.17, 15) is 0 Å². The van der Waals surface area contributed by atoms with E-state index in [0.717, 1.165) is 77.9 Å². The molecule has 0 fully saturated rings. The molecule has 0 atom stereocenters. The summed E-state index contributed by atoms with van der Waals surface area (Å²) in [5, 5.41) is 20.5. The number of thiophene rings is 5. The van der Waals surface area contributed by atoms with Crippen LogP contribution in [0.5, 0.6) is 0 Å². The van der Waals surface area contributed by atoms with Crippen LogP contribution in [0.4, 0.5) is 4.39 Å². The Morgan fingerprint density at radius 1 is 0.180 bits per heavy atom. The van der Waals surface area contributed by atoms with Gasteiger partial charge in [0.05, 0.1) is 61.2 Å². The zero-order valence-corrected chi connectivity index (χ0v) is 78.6. The lowest BCUT2D eigenvalue weighted by atomic mass is 9.96. The molecular formula is C128H76FN5S5. The van der Waals surface area contributed by atoms with Crippen molar-refractivity contribution in [3.05, 3.63) is 467 Å². The van der Waals surface area contributed by atoms with Gasteiger partial charge in [0.2, 0.25) is 0 Å². The standard InChI is InChI=1S/C48H27NS3.C44H27N3S.C36H22FNS/c1-5-19-39-37(13-1)45-40(23-24-44-46(45)38-14-4-8-22-43(38)50-44)49(39)30-26-28(31-15-9-17-35-33-11-2-6-20-41(33)51-47(31)35)25-29(27-30)32-16-10-18-36-34-12-3-7-21-42(34)52-48(32)36;1-3-11-28(12-4-1)30-15-9-16-31(27-30)47-39-20-8-7-17-33(39)42-40(47)25-26-41-43(42)34-19-10-18-32(44(34)48-41)36-22-24-37-38(46-36)23-21-35(45-37)29-13-5-2-6-14-29;37-29-22-25(23-11-3-1-4-12-23)21-28(24-13-5-2-6-14-24)36(29)38-30-17-9-7-15-26(30)34-31(38)19-20-33-35(34)27-16-8-10-18-32(27)39-33/h1-27H;1-27H;1-22H. The number of rotatable bonds is 10. The highest BCUT2D eigenvalue weighted by molar-refractivity contribution is 7.28. The number of pyridine rings is 2. The van der Waals surface area contributed by atoms with E-state index in [-0.39, 0.29) is 5.82 Å². The van der Waals surface area contributed by atoms with Crippen molar-refractivity contribution in [1.82, 2.24) is 23.7 Å². The molecule has 20 aromatic carbocycles. The smallest absolute Gasteiger partial charge is 0.148 e. The summed E-state index contributed by atoms with van der Waals surface area (Å²) in [5.74, 6) is -0.242. The van der Waals surface area contributed by atoms with Crippen molar-refractivity contribution < 1.29 is 4.39 Å². The van der Waals surface area contributed by atoms with Crippen molar-refractivity contribution in [3.8, 4) is 95.2 Å². The highest BCUT2D eigenvalue weighted by Gasteiger charge is 2.28. The second kappa shape index (κ2) is 32.9. The van der Waals surface area contributed by atoms with Crippen LogP contribution in [0, 0.1) is 5.82 Å². The van der Waals surface area contributed by atoms with Gasteiger partial charge in [-0.2, -0.15) is 0 Å². The van der Waals surface area contributed by atoms with Gasteiger partial charge in [0.1, 0.15) is 5.82 Å². The van der Waals surface area contributed by atoms with Crippen molar-refractivity contribution in [2.45, 2.75) is 0 Å². The van der Waals surface area contributed by atoms with Gasteiger partial charge in [-0.15, -0.1) is 56.7 Å². The average Bonchev–Trinajstić information content (AvgIpc) is 1.56. The molecule has 0 unspecified atom stereocenters. The predicted octanol–water partition coefficient (Wildman–Crippen LogP) is 37.9. The first-order valence-electron chi connectivity index (χ1n) is 46.8. The molecule has 0 radical (unpaired) electrons. The molecule has 0 amide bonds. The first-order chi connectivity index (χ1) is 68.9. The number of benzene rings is 20. The van der Waals surface area contributed by atoms with Crippen LogP contribution < -0.4 is 0 Å². The van der Waals surface area contributed by atoms with Crippen molar-refractivity contribution >= 4 is 234 Å². The SMILES string of the molecule is Fc1cc(-c2ccccc2)cc(-c2ccccc2)c1-n1c2ccccc2c2c3c(ccc21)sc1ccccc13.c1ccc(-c2cccc(-n3c4ccccc4c4c5c(ccc43)sc3c(-c4ccc6nc(-c7ccccc7)ccc6n4)cccc35)c2)cc1.c1ccc2c(c1)sc1c(-c3cc(-c4cccc5c4sc4ccccc45)cc(-n4c5ccccc5c5c6c(ccc54)sc4ccccc46)c3)cccc12. The van der Waals surface area contributed by atoms with Crippen molar-refractivity contribution in [2.75, 3.05) is 0 Å². The summed E-state index contributed by atoms with van der Waals surface area (Å²) in [6.07, 6.45) is 0. The first-order valence-corrected chi connectivity index (χ1v) is 50.9. The molecule has 0 spiro atoms. The quantitative estimate of drug-likeness (QED) is 0.137. The van der Waals surface area contributed by atoms with Gasteiger partial charge in [0.15, 0.2) is 0 Å². The van der Waals surface area contributed by atoms with E-state index in [2.05, 4.69) is 396 Å². The van der Waals surface area contributed by atoms with Crippen molar-refractivity contribution in [2.24, 2.45) is 0 Å². The summed E-state index contributed by atoms with van der Waals surface area (Å²) in [7, 11) is 0. The molecule has 10 aromatic heterocycles. The molecule has 30 rings (SSSR count). The van der Waals surface area contributed by atoms with Crippen LogP contribution >= 0.6 is 56.7 Å². The lowest BCUT2D eigenvalue weighted by molar-refractivity contribution is 0.622. The molecule has 139 heavy (non-hydrogen) atoms. The molecule has 11 heteroatoms. The Bertz CT molecular complexity index is 10100. The molecule has 0 aliphatic rings. The number of nitrogens with zero attached hydrogens (tertiary/aromatic N) is 5. The zero-order chi connectivity index (χ0) is 91.4. The molecule has 0 aliphatic carbocycles. The van der Waals surface area contributed by atoms with Gasteiger partial charge in [-0.3, -0.25) is 0 Å². The minimum atomic E-state index is -0.242. The average molecular weight is 1860 g/mol. The lowest BCUT2D eigenvalue weighted by Gasteiger charge is -2.17. The summed E-state index contributed by atoms with van der Waals surface area (Å²) in [5.41, 5.74) is 26.9. The summed E-state index contributed by atoms with van der Waals surface area (Å²) in [6, 6.07) is 165. The van der Waals surface area contributed by atoms with Crippen LogP contribution in [0.25, 0.3) is 273 Å². The Balaban J connectivity index is 0.000000104. The second-order valence-corrected chi connectivity index (χ2v) is 41.0. The Morgan fingerprint density at radius 3 is 1.07 bits per heavy atom. The molecule has 0 saturated heterocycles. The fourth-order valence-corrected chi connectivity index (χ4v) is 27.7. The third-order valence-corrected chi connectivity index (χ3v) is 33.8. The molecule has 0 bridgehead atoms. The molecule has 30 aromatic rings. The highest BCUT2D eigenvalue weighted by atomic mass is 32.1. The summed E-state index contributed by atoms with van der Waals surface area (Å²) in [4.78, 5) is 10.1. The van der Waals surface area contributed by atoms with Gasteiger partial charge < -0.3 is 13.7 Å². The normalized spacial score (nSPS) is 11.9. The molecule has 0 N–H and O–H groups in total. The molecule has 650 valence electrons. The van der Waals surface area contributed by atoms with Gasteiger partial charge in [0.25, 0.3) is 0 Å². The number of hydrogen-bond donors (Lipinski definition) is 0. The number of aromatic nitrogens is 5. The number of hydrogen-bond acceptors (Lipinski definition) is 7. The number of para-hydroxylation sites is 3. The minimum Gasteiger partial charge on any atom is -0.309 e. The highest BCUT2D eigenvalue weighted by Crippen LogP contribution is 2.53. The van der Waals surface area contributed by atoms with E-state index in [4.69, 9.17) is 9.97 Å². The molecule has 0 aliphatic heterocycles. The van der Waals surface area contributed by atoms with Crippen LogP contribution in [0.15, 0.2) is 461 Å². The van der Waals surface area contributed by atoms with Crippen LogP contribution in [0.2, 0.25) is 0 Å². The molecular weight excluding hydrogens is 1790 g/mol. The minimum absolute atomic E-state index is 0.242. The van der Waals surface area contributed by atoms with E-state index in [1.807, 2.05) is 129 Å². The Hall–Kier alpha value is -16.6. The molecule has 0 saturated carbocycles. The third-order valence-electron chi connectivity index (χ3n) is 27.8. The predicted molar refractivity (Wildman–Crippen MR) is 598 cm³/mol. The molecule has 5 nitrogen and oxygen atoms in total. The topological polar surface area (TPSA) is 40.6 Å². The van der Waals surface area contributed by atoms with Gasteiger partial charge in [-0.05, 0) is 196 Å². The van der Waals surface area contributed by atoms with Crippen molar-refractivity contribution in [1.29, 1.82) is 0 Å². The summed E-state index contributed by atoms with van der Waals surface area (Å²) >= 11 is 9.35.